The highest BCUT2D eigenvalue weighted by Gasteiger charge is 2.18. The lowest BCUT2D eigenvalue weighted by molar-refractivity contribution is 0.0165. The molecule has 0 saturated carbocycles. The van der Waals surface area contributed by atoms with Crippen molar-refractivity contribution in [2.75, 3.05) is 0 Å². The van der Waals surface area contributed by atoms with E-state index in [1.54, 1.807) is 25.1 Å². The van der Waals surface area contributed by atoms with Crippen LogP contribution in [0.2, 0.25) is 10.0 Å². The van der Waals surface area contributed by atoms with Gasteiger partial charge in [-0.2, -0.15) is 0 Å². The summed E-state index contributed by atoms with van der Waals surface area (Å²) in [5.41, 5.74) is 0.505. The van der Waals surface area contributed by atoms with Crippen molar-refractivity contribution in [3.8, 4) is 0 Å². The van der Waals surface area contributed by atoms with Gasteiger partial charge in [0.15, 0.2) is 0 Å². The maximum absolute atomic E-state index is 9.68. The summed E-state index contributed by atoms with van der Waals surface area (Å²) in [5, 5.41) is 20.0. The van der Waals surface area contributed by atoms with Crippen molar-refractivity contribution in [3.05, 3.63) is 33.8 Å². The van der Waals surface area contributed by atoms with E-state index in [1.165, 1.54) is 0 Å². The fourth-order valence-corrected chi connectivity index (χ4v) is 1.69. The highest BCUT2D eigenvalue weighted by atomic mass is 35.5. The Balaban J connectivity index is 2.95. The van der Waals surface area contributed by atoms with Gasteiger partial charge in [0.25, 0.3) is 0 Å². The Morgan fingerprint density at radius 3 is 2.43 bits per heavy atom. The van der Waals surface area contributed by atoms with E-state index in [0.717, 1.165) is 0 Å². The minimum absolute atomic E-state index is 0.373. The van der Waals surface area contributed by atoms with Crippen molar-refractivity contribution in [2.45, 2.75) is 25.6 Å². The molecule has 2 nitrogen and oxygen atoms in total. The van der Waals surface area contributed by atoms with Crippen LogP contribution in [0.15, 0.2) is 18.2 Å². The number of hydrogen-bond acceptors (Lipinski definition) is 2. The molecule has 0 aliphatic carbocycles. The normalized spacial score (nSPS) is 15.2. The Morgan fingerprint density at radius 2 is 1.93 bits per heavy atom. The summed E-state index contributed by atoms with van der Waals surface area (Å²) in [6, 6.07) is 4.80. The van der Waals surface area contributed by atoms with Crippen LogP contribution in [0, 0.1) is 0 Å². The van der Waals surface area contributed by atoms with E-state index in [1.807, 2.05) is 0 Å². The summed E-state index contributed by atoms with van der Waals surface area (Å²) in [7, 11) is 0. The van der Waals surface area contributed by atoms with Gasteiger partial charge in [-0.15, -0.1) is 0 Å². The molecule has 14 heavy (non-hydrogen) atoms. The van der Waals surface area contributed by atoms with Crippen LogP contribution in [0.5, 0.6) is 0 Å². The Bertz CT molecular complexity index is 315. The fourth-order valence-electron chi connectivity index (χ4n) is 1.17. The summed E-state index contributed by atoms with van der Waals surface area (Å²) in [4.78, 5) is 0. The molecule has 0 aromatic heterocycles. The van der Waals surface area contributed by atoms with Crippen molar-refractivity contribution < 1.29 is 10.2 Å². The van der Waals surface area contributed by atoms with Gasteiger partial charge in [0.2, 0.25) is 0 Å². The van der Waals surface area contributed by atoms with E-state index in [2.05, 4.69) is 0 Å². The molecule has 0 spiro atoms. The van der Waals surface area contributed by atoms with Crippen LogP contribution in [0.25, 0.3) is 0 Å². The molecule has 0 unspecified atom stereocenters. The van der Waals surface area contributed by atoms with Crippen LogP contribution >= 0.6 is 23.2 Å². The first-order valence-electron chi connectivity index (χ1n) is 4.37. The largest absolute Gasteiger partial charge is 0.390 e. The van der Waals surface area contributed by atoms with Gasteiger partial charge in [0, 0.05) is 15.6 Å². The summed E-state index contributed by atoms with van der Waals surface area (Å²) >= 11 is 11.6. The smallest absolute Gasteiger partial charge is 0.106 e. The van der Waals surface area contributed by atoms with Crippen molar-refractivity contribution >= 4 is 23.2 Å². The minimum Gasteiger partial charge on any atom is -0.390 e. The van der Waals surface area contributed by atoms with Crippen molar-refractivity contribution in [1.29, 1.82) is 0 Å². The first kappa shape index (κ1) is 11.8. The molecule has 1 aromatic rings. The molecule has 2 atom stereocenters. The molecule has 0 bridgehead atoms. The van der Waals surface area contributed by atoms with E-state index < -0.39 is 12.2 Å². The molecule has 1 aromatic carbocycles. The second-order valence-corrected chi connectivity index (χ2v) is 3.93. The average molecular weight is 235 g/mol. The molecule has 1 rings (SSSR count). The lowest BCUT2D eigenvalue weighted by Crippen LogP contribution is -2.17. The summed E-state index contributed by atoms with van der Waals surface area (Å²) < 4.78 is 0. The SMILES string of the molecule is CC[C@@H](O)[C@H](O)c1ccc(Cl)cc1Cl. The number of aliphatic hydroxyl groups is 2. The predicted octanol–water partition coefficient (Wildman–Crippen LogP) is 2.80. The fraction of sp³-hybridized carbons (Fsp3) is 0.400. The third-order valence-electron chi connectivity index (χ3n) is 2.06. The van der Waals surface area contributed by atoms with Crippen molar-refractivity contribution in [3.63, 3.8) is 0 Å². The molecule has 0 amide bonds. The summed E-state index contributed by atoms with van der Waals surface area (Å²) in [5.74, 6) is 0. The van der Waals surface area contributed by atoms with Crippen LogP contribution in [0.4, 0.5) is 0 Å². The number of benzene rings is 1. The molecule has 0 fully saturated rings. The van der Waals surface area contributed by atoms with Crippen LogP contribution in [0.1, 0.15) is 25.0 Å². The summed E-state index contributed by atoms with van der Waals surface area (Å²) in [6.45, 7) is 1.79. The molecule has 78 valence electrons. The second kappa shape index (κ2) is 4.99. The predicted molar refractivity (Wildman–Crippen MR) is 57.7 cm³/mol. The minimum atomic E-state index is -0.954. The van der Waals surface area contributed by atoms with E-state index in [0.29, 0.717) is 22.0 Å². The van der Waals surface area contributed by atoms with Crippen LogP contribution < -0.4 is 0 Å². The third kappa shape index (κ3) is 2.61. The standard InChI is InChI=1S/C10H12Cl2O2/c1-2-9(13)10(14)7-4-3-6(11)5-8(7)12/h3-5,9-10,13-14H,2H2,1H3/t9-,10-/m1/s1. The van der Waals surface area contributed by atoms with E-state index in [9.17, 15) is 10.2 Å². The Hall–Kier alpha value is -0.280. The van der Waals surface area contributed by atoms with Gasteiger partial charge in [-0.3, -0.25) is 0 Å². The zero-order valence-corrected chi connectivity index (χ0v) is 9.26. The Kier molecular flexibility index (Phi) is 4.20. The molecule has 2 N–H and O–H groups in total. The van der Waals surface area contributed by atoms with Crippen LogP contribution in [-0.4, -0.2) is 16.3 Å². The first-order chi connectivity index (χ1) is 6.56. The molecule has 0 aliphatic rings. The van der Waals surface area contributed by atoms with Gasteiger partial charge >= 0.3 is 0 Å². The van der Waals surface area contributed by atoms with E-state index in [4.69, 9.17) is 23.2 Å². The zero-order valence-electron chi connectivity index (χ0n) is 7.74. The van der Waals surface area contributed by atoms with Gasteiger partial charge in [-0.05, 0) is 18.6 Å². The number of rotatable bonds is 3. The average Bonchev–Trinajstić information content (AvgIpc) is 2.15. The molecular formula is C10H12Cl2O2. The monoisotopic (exact) mass is 234 g/mol. The van der Waals surface area contributed by atoms with Crippen molar-refractivity contribution in [1.82, 2.24) is 0 Å². The van der Waals surface area contributed by atoms with E-state index >= 15 is 0 Å². The Labute approximate surface area is 93.1 Å². The van der Waals surface area contributed by atoms with Gasteiger partial charge < -0.3 is 10.2 Å². The number of aliphatic hydroxyl groups excluding tert-OH is 2. The highest BCUT2D eigenvalue weighted by Crippen LogP contribution is 2.28. The Morgan fingerprint density at radius 1 is 1.29 bits per heavy atom. The molecule has 0 radical (unpaired) electrons. The maximum atomic E-state index is 9.68. The lowest BCUT2D eigenvalue weighted by atomic mass is 10.0. The van der Waals surface area contributed by atoms with Gasteiger partial charge in [-0.1, -0.05) is 36.2 Å². The zero-order chi connectivity index (χ0) is 10.7. The lowest BCUT2D eigenvalue weighted by Gasteiger charge is -2.17. The van der Waals surface area contributed by atoms with Gasteiger partial charge in [-0.25, -0.2) is 0 Å². The topological polar surface area (TPSA) is 40.5 Å². The van der Waals surface area contributed by atoms with Gasteiger partial charge in [0.1, 0.15) is 6.10 Å². The van der Waals surface area contributed by atoms with Crippen LogP contribution in [0.3, 0.4) is 0 Å². The van der Waals surface area contributed by atoms with Crippen molar-refractivity contribution in [2.24, 2.45) is 0 Å². The molecule has 0 saturated heterocycles. The van der Waals surface area contributed by atoms with Crippen LogP contribution in [-0.2, 0) is 0 Å². The second-order valence-electron chi connectivity index (χ2n) is 3.09. The quantitative estimate of drug-likeness (QED) is 0.845. The molecule has 0 aliphatic heterocycles. The maximum Gasteiger partial charge on any atom is 0.106 e. The molecule has 0 heterocycles. The van der Waals surface area contributed by atoms with Gasteiger partial charge in [0.05, 0.1) is 6.10 Å². The summed E-state index contributed by atoms with van der Waals surface area (Å²) in [6.07, 6.45) is -1.28. The number of hydrogen-bond donors (Lipinski definition) is 2. The third-order valence-corrected chi connectivity index (χ3v) is 2.63. The van der Waals surface area contributed by atoms with E-state index in [-0.39, 0.29) is 0 Å². The first-order valence-corrected chi connectivity index (χ1v) is 5.13. The molecular weight excluding hydrogens is 223 g/mol. The number of halogens is 2. The highest BCUT2D eigenvalue weighted by molar-refractivity contribution is 6.35. The molecule has 4 heteroatoms.